The molecule has 0 aliphatic heterocycles. The average Bonchev–Trinajstić information content (AvgIpc) is 2.37. The number of carbonyl (C=O) groups excluding carboxylic acids is 1. The van der Waals surface area contributed by atoms with Gasteiger partial charge in [-0.25, -0.2) is 4.79 Å². The fourth-order valence-electron chi connectivity index (χ4n) is 1.46. The highest BCUT2D eigenvalue weighted by Crippen LogP contribution is 2.15. The summed E-state index contributed by atoms with van der Waals surface area (Å²) in [6.45, 7) is 0.563. The average molecular weight is 243 g/mol. The number of nitrogens with zero attached hydrogens (tertiary/aromatic N) is 2. The fraction of sp³-hybridized carbons (Fsp3) is 0.0833. The number of aromatic nitrogens is 2. The summed E-state index contributed by atoms with van der Waals surface area (Å²) >= 11 is 0. The minimum atomic E-state index is -0.582. The second kappa shape index (κ2) is 5.62. The molecule has 1 aromatic carbocycles. The molecular formula is C12H13N5O. The number of hydrogen-bond donors (Lipinski definition) is 3. The lowest BCUT2D eigenvalue weighted by Crippen LogP contribution is -2.19. The molecule has 2 aromatic rings. The molecule has 6 nitrogen and oxygen atoms in total. The Morgan fingerprint density at radius 1 is 1.28 bits per heavy atom. The summed E-state index contributed by atoms with van der Waals surface area (Å²) in [4.78, 5) is 18.9. The third-order valence-electron chi connectivity index (χ3n) is 2.22. The lowest BCUT2D eigenvalue weighted by atomic mass is 10.2. The molecule has 4 N–H and O–H groups in total. The van der Waals surface area contributed by atoms with E-state index in [1.54, 1.807) is 30.7 Å². The highest BCUT2D eigenvalue weighted by molar-refractivity contribution is 5.88. The summed E-state index contributed by atoms with van der Waals surface area (Å²) in [5, 5.41) is 5.69. The first-order valence-electron chi connectivity index (χ1n) is 5.39. The van der Waals surface area contributed by atoms with Gasteiger partial charge in [0.25, 0.3) is 0 Å². The molecule has 92 valence electrons. The quantitative estimate of drug-likeness (QED) is 0.760. The van der Waals surface area contributed by atoms with Crippen molar-refractivity contribution in [1.29, 1.82) is 0 Å². The van der Waals surface area contributed by atoms with Crippen molar-refractivity contribution >= 4 is 17.4 Å². The van der Waals surface area contributed by atoms with Gasteiger partial charge in [0.2, 0.25) is 0 Å². The Kier molecular flexibility index (Phi) is 3.70. The number of nitrogens with two attached hydrogens (primary N) is 1. The number of primary amides is 1. The van der Waals surface area contributed by atoms with Gasteiger partial charge in [-0.2, -0.15) is 0 Å². The highest BCUT2D eigenvalue weighted by Gasteiger charge is 1.98. The molecule has 0 saturated carbocycles. The number of carbonyl (C=O) groups is 1. The molecule has 0 unspecified atom stereocenters. The molecular weight excluding hydrogens is 230 g/mol. The Labute approximate surface area is 104 Å². The first-order chi connectivity index (χ1) is 8.74. The first kappa shape index (κ1) is 11.8. The second-order valence-electron chi connectivity index (χ2n) is 3.62. The van der Waals surface area contributed by atoms with Gasteiger partial charge in [-0.05, 0) is 18.2 Å². The maximum absolute atomic E-state index is 10.7. The van der Waals surface area contributed by atoms with Crippen molar-refractivity contribution in [3.05, 3.63) is 48.5 Å². The van der Waals surface area contributed by atoms with Gasteiger partial charge in [0, 0.05) is 23.8 Å². The van der Waals surface area contributed by atoms with Gasteiger partial charge >= 0.3 is 6.03 Å². The Bertz CT molecular complexity index is 529. The van der Waals surface area contributed by atoms with Crippen LogP contribution in [0.5, 0.6) is 0 Å². The Hall–Kier alpha value is -2.63. The molecule has 1 heterocycles. The van der Waals surface area contributed by atoms with Crippen molar-refractivity contribution in [3.63, 3.8) is 0 Å². The zero-order valence-corrected chi connectivity index (χ0v) is 9.63. The topological polar surface area (TPSA) is 92.9 Å². The van der Waals surface area contributed by atoms with Crippen molar-refractivity contribution < 1.29 is 4.79 Å². The van der Waals surface area contributed by atoms with Gasteiger partial charge in [0.05, 0.1) is 18.4 Å². The zero-order valence-electron chi connectivity index (χ0n) is 9.63. The normalized spacial score (nSPS) is 9.78. The van der Waals surface area contributed by atoms with Crippen LogP contribution in [0.25, 0.3) is 0 Å². The van der Waals surface area contributed by atoms with E-state index in [2.05, 4.69) is 20.6 Å². The van der Waals surface area contributed by atoms with Gasteiger partial charge in [0.1, 0.15) is 0 Å². The van der Waals surface area contributed by atoms with E-state index < -0.39 is 6.03 Å². The largest absolute Gasteiger partial charge is 0.379 e. The number of amides is 2. The number of nitrogens with one attached hydrogen (secondary N) is 2. The molecule has 6 heteroatoms. The van der Waals surface area contributed by atoms with Gasteiger partial charge in [0.15, 0.2) is 0 Å². The maximum Gasteiger partial charge on any atom is 0.316 e. The van der Waals surface area contributed by atoms with E-state index in [0.717, 1.165) is 11.4 Å². The summed E-state index contributed by atoms with van der Waals surface area (Å²) in [7, 11) is 0. The minimum absolute atomic E-state index is 0.563. The molecule has 0 radical (unpaired) electrons. The number of urea groups is 1. The van der Waals surface area contributed by atoms with Crippen LogP contribution in [0.1, 0.15) is 5.69 Å². The van der Waals surface area contributed by atoms with Crippen LogP contribution in [0.2, 0.25) is 0 Å². The van der Waals surface area contributed by atoms with Gasteiger partial charge < -0.3 is 16.4 Å². The molecule has 0 saturated heterocycles. The fourth-order valence-corrected chi connectivity index (χ4v) is 1.46. The Morgan fingerprint density at radius 3 is 2.83 bits per heavy atom. The van der Waals surface area contributed by atoms with Crippen LogP contribution in [-0.4, -0.2) is 16.0 Å². The predicted molar refractivity (Wildman–Crippen MR) is 69.0 cm³/mol. The van der Waals surface area contributed by atoms with Crippen LogP contribution < -0.4 is 16.4 Å². The lowest BCUT2D eigenvalue weighted by molar-refractivity contribution is 0.259. The summed E-state index contributed by atoms with van der Waals surface area (Å²) in [5.74, 6) is 0. The number of benzene rings is 1. The summed E-state index contributed by atoms with van der Waals surface area (Å²) in [5.41, 5.74) is 7.40. The molecule has 0 aliphatic carbocycles. The third-order valence-corrected chi connectivity index (χ3v) is 2.22. The molecule has 18 heavy (non-hydrogen) atoms. The molecule has 0 aliphatic rings. The van der Waals surface area contributed by atoms with Crippen molar-refractivity contribution in [2.75, 3.05) is 10.6 Å². The van der Waals surface area contributed by atoms with Crippen LogP contribution in [0.15, 0.2) is 42.9 Å². The van der Waals surface area contributed by atoms with Crippen LogP contribution in [0, 0.1) is 0 Å². The van der Waals surface area contributed by atoms with Crippen molar-refractivity contribution in [1.82, 2.24) is 9.97 Å². The second-order valence-corrected chi connectivity index (χ2v) is 3.62. The molecule has 2 rings (SSSR count). The highest BCUT2D eigenvalue weighted by atomic mass is 16.2. The van der Waals surface area contributed by atoms with Crippen molar-refractivity contribution in [3.8, 4) is 0 Å². The zero-order chi connectivity index (χ0) is 12.8. The smallest absolute Gasteiger partial charge is 0.316 e. The predicted octanol–water partition coefficient (Wildman–Crippen LogP) is 1.58. The van der Waals surface area contributed by atoms with Crippen molar-refractivity contribution in [2.24, 2.45) is 5.73 Å². The molecule has 0 spiro atoms. The Balaban J connectivity index is 1.99. The van der Waals surface area contributed by atoms with Crippen LogP contribution >= 0.6 is 0 Å². The Morgan fingerprint density at radius 2 is 2.11 bits per heavy atom. The summed E-state index contributed by atoms with van der Waals surface area (Å²) < 4.78 is 0. The number of rotatable bonds is 4. The molecule has 0 atom stereocenters. The van der Waals surface area contributed by atoms with E-state index in [1.165, 1.54) is 0 Å². The van der Waals surface area contributed by atoms with E-state index in [-0.39, 0.29) is 0 Å². The molecule has 1 aromatic heterocycles. The van der Waals surface area contributed by atoms with Gasteiger partial charge in [-0.3, -0.25) is 9.97 Å². The summed E-state index contributed by atoms with van der Waals surface area (Å²) in [6.07, 6.45) is 4.96. The maximum atomic E-state index is 10.7. The number of hydrogen-bond acceptors (Lipinski definition) is 4. The van der Waals surface area contributed by atoms with Crippen LogP contribution in [-0.2, 0) is 6.54 Å². The van der Waals surface area contributed by atoms with E-state index >= 15 is 0 Å². The minimum Gasteiger partial charge on any atom is -0.379 e. The van der Waals surface area contributed by atoms with E-state index in [9.17, 15) is 4.79 Å². The standard InChI is InChI=1S/C12H13N5O/c13-12(18)17-10-3-1-2-9(6-10)16-8-11-7-14-4-5-15-11/h1-7,16H,8H2,(H3,13,17,18). The van der Waals surface area contributed by atoms with E-state index in [0.29, 0.717) is 12.2 Å². The molecule has 0 bridgehead atoms. The van der Waals surface area contributed by atoms with Crippen LogP contribution in [0.3, 0.4) is 0 Å². The van der Waals surface area contributed by atoms with E-state index in [4.69, 9.17) is 5.73 Å². The summed E-state index contributed by atoms with van der Waals surface area (Å²) in [6, 6.07) is 6.69. The molecule has 2 amide bonds. The number of anilines is 2. The lowest BCUT2D eigenvalue weighted by Gasteiger charge is -2.07. The van der Waals surface area contributed by atoms with E-state index in [1.807, 2.05) is 12.1 Å². The monoisotopic (exact) mass is 243 g/mol. The van der Waals surface area contributed by atoms with Gasteiger partial charge in [-0.15, -0.1) is 0 Å². The third kappa shape index (κ3) is 3.44. The SMILES string of the molecule is NC(=O)Nc1cccc(NCc2cnccn2)c1. The molecule has 0 fully saturated rings. The van der Waals surface area contributed by atoms with Gasteiger partial charge in [-0.1, -0.05) is 6.07 Å². The van der Waals surface area contributed by atoms with Crippen LogP contribution in [0.4, 0.5) is 16.2 Å². The van der Waals surface area contributed by atoms with Crippen molar-refractivity contribution in [2.45, 2.75) is 6.54 Å². The first-order valence-corrected chi connectivity index (χ1v) is 5.39.